The zero-order chi connectivity index (χ0) is 19.1. The molecule has 0 aliphatic carbocycles. The van der Waals surface area contributed by atoms with Gasteiger partial charge in [0.05, 0.1) is 11.8 Å². The number of aliphatic hydroxyl groups excluding tert-OH is 2. The number of aliphatic hydroxyl groups is 2. The number of anilines is 1. The molecule has 2 rings (SSSR count). The summed E-state index contributed by atoms with van der Waals surface area (Å²) in [7, 11) is 0. The van der Waals surface area contributed by atoms with Gasteiger partial charge in [0.1, 0.15) is 18.1 Å². The van der Waals surface area contributed by atoms with Crippen molar-refractivity contribution in [1.82, 2.24) is 5.32 Å². The van der Waals surface area contributed by atoms with Crippen molar-refractivity contribution >= 4 is 11.6 Å². The van der Waals surface area contributed by atoms with E-state index >= 15 is 0 Å². The smallest absolute Gasteiger partial charge is 0.250 e. The summed E-state index contributed by atoms with van der Waals surface area (Å²) in [6, 6.07) is 11.5. The van der Waals surface area contributed by atoms with Gasteiger partial charge in [-0.05, 0) is 48.7 Å². The quantitative estimate of drug-likeness (QED) is 0.394. The molecular weight excluding hydrogens is 336 g/mol. The average Bonchev–Trinajstić information content (AvgIpc) is 2.63. The Morgan fingerprint density at radius 2 is 1.81 bits per heavy atom. The van der Waals surface area contributed by atoms with Crippen LogP contribution in [0.2, 0.25) is 0 Å². The lowest BCUT2D eigenvalue weighted by Gasteiger charge is -2.18. The van der Waals surface area contributed by atoms with Crippen LogP contribution in [-0.2, 0) is 11.2 Å². The molecule has 0 radical (unpaired) electrons. The highest BCUT2D eigenvalue weighted by Gasteiger charge is 2.13. The number of phenolic OH excluding ortho intramolecular Hbond substituents is 2. The molecule has 2 atom stereocenters. The maximum atomic E-state index is 11.3. The second kappa shape index (κ2) is 9.19. The van der Waals surface area contributed by atoms with E-state index in [1.807, 2.05) is 19.1 Å². The van der Waals surface area contributed by atoms with Crippen molar-refractivity contribution in [3.8, 4) is 11.5 Å². The molecule has 0 heterocycles. The molecule has 2 aromatic rings. The third kappa shape index (κ3) is 5.73. The summed E-state index contributed by atoms with van der Waals surface area (Å²) < 4.78 is 0. The largest absolute Gasteiger partial charge is 0.508 e. The number of amides is 1. The topological polar surface area (TPSA) is 122 Å². The predicted octanol–water partition coefficient (Wildman–Crippen LogP) is 1.28. The summed E-state index contributed by atoms with van der Waals surface area (Å²) in [5.74, 6) is -0.565. The number of rotatable bonds is 8. The Bertz CT molecular complexity index is 733. The molecule has 26 heavy (non-hydrogen) atoms. The van der Waals surface area contributed by atoms with E-state index in [0.717, 1.165) is 12.0 Å². The Labute approximate surface area is 151 Å². The SMILES string of the molecule is CC(Cc1ccc(O)cc1)NCC(O)c1ccc(O)c(NC(=O)CO)c1. The number of benzene rings is 2. The zero-order valence-electron chi connectivity index (χ0n) is 14.5. The Morgan fingerprint density at radius 3 is 2.46 bits per heavy atom. The highest BCUT2D eigenvalue weighted by molar-refractivity contribution is 5.93. The van der Waals surface area contributed by atoms with Gasteiger partial charge in [-0.3, -0.25) is 4.79 Å². The van der Waals surface area contributed by atoms with Gasteiger partial charge in [0.2, 0.25) is 5.91 Å². The van der Waals surface area contributed by atoms with Crippen LogP contribution in [0.25, 0.3) is 0 Å². The van der Waals surface area contributed by atoms with Gasteiger partial charge in [0.15, 0.2) is 0 Å². The van der Waals surface area contributed by atoms with Gasteiger partial charge in [-0.15, -0.1) is 0 Å². The van der Waals surface area contributed by atoms with Gasteiger partial charge in [-0.25, -0.2) is 0 Å². The molecule has 2 aromatic carbocycles. The van der Waals surface area contributed by atoms with E-state index in [4.69, 9.17) is 5.11 Å². The van der Waals surface area contributed by atoms with Gasteiger partial charge in [0, 0.05) is 12.6 Å². The lowest BCUT2D eigenvalue weighted by molar-refractivity contribution is -0.118. The van der Waals surface area contributed by atoms with Crippen LogP contribution < -0.4 is 10.6 Å². The van der Waals surface area contributed by atoms with Crippen molar-refractivity contribution in [2.45, 2.75) is 25.5 Å². The number of carbonyl (C=O) groups is 1. The molecule has 0 fully saturated rings. The fourth-order valence-electron chi connectivity index (χ4n) is 2.54. The summed E-state index contributed by atoms with van der Waals surface area (Å²) in [5.41, 5.74) is 1.73. The van der Waals surface area contributed by atoms with E-state index in [1.165, 1.54) is 12.1 Å². The van der Waals surface area contributed by atoms with Crippen LogP contribution in [0.3, 0.4) is 0 Å². The lowest BCUT2D eigenvalue weighted by atomic mass is 10.1. The molecule has 0 aliphatic rings. The molecule has 0 aliphatic heterocycles. The molecule has 7 nitrogen and oxygen atoms in total. The summed E-state index contributed by atoms with van der Waals surface area (Å²) in [5, 5.41) is 43.8. The van der Waals surface area contributed by atoms with E-state index in [1.54, 1.807) is 18.2 Å². The lowest BCUT2D eigenvalue weighted by Crippen LogP contribution is -2.32. The van der Waals surface area contributed by atoms with E-state index in [2.05, 4.69) is 10.6 Å². The van der Waals surface area contributed by atoms with Gasteiger partial charge < -0.3 is 31.1 Å². The Morgan fingerprint density at radius 1 is 1.12 bits per heavy atom. The molecule has 2 unspecified atom stereocenters. The van der Waals surface area contributed by atoms with Gasteiger partial charge >= 0.3 is 0 Å². The number of hydrogen-bond donors (Lipinski definition) is 6. The van der Waals surface area contributed by atoms with Crippen molar-refractivity contribution in [3.05, 3.63) is 53.6 Å². The van der Waals surface area contributed by atoms with Crippen LogP contribution in [0.5, 0.6) is 11.5 Å². The van der Waals surface area contributed by atoms with E-state index < -0.39 is 18.6 Å². The fourth-order valence-corrected chi connectivity index (χ4v) is 2.54. The summed E-state index contributed by atoms with van der Waals surface area (Å²) in [6.45, 7) is 1.59. The van der Waals surface area contributed by atoms with Crippen LogP contribution in [0.15, 0.2) is 42.5 Å². The highest BCUT2D eigenvalue weighted by atomic mass is 16.3. The standard InChI is InChI=1S/C19H24N2O5/c1-12(8-13-2-5-15(23)6-3-13)20-10-18(25)14-4-7-17(24)16(9-14)21-19(26)11-22/h2-7,9,12,18,20,22-25H,8,10-11H2,1H3,(H,21,26). The van der Waals surface area contributed by atoms with Crippen LogP contribution in [0.1, 0.15) is 24.2 Å². The van der Waals surface area contributed by atoms with Crippen LogP contribution in [0.4, 0.5) is 5.69 Å². The number of phenols is 2. The highest BCUT2D eigenvalue weighted by Crippen LogP contribution is 2.27. The minimum absolute atomic E-state index is 0.0971. The van der Waals surface area contributed by atoms with E-state index in [9.17, 15) is 20.1 Å². The van der Waals surface area contributed by atoms with Crippen molar-refractivity contribution in [3.63, 3.8) is 0 Å². The van der Waals surface area contributed by atoms with E-state index in [0.29, 0.717) is 5.56 Å². The van der Waals surface area contributed by atoms with Gasteiger partial charge in [0.25, 0.3) is 0 Å². The number of carbonyl (C=O) groups excluding carboxylic acids is 1. The summed E-state index contributed by atoms with van der Waals surface area (Å²) >= 11 is 0. The van der Waals surface area contributed by atoms with Crippen LogP contribution >= 0.6 is 0 Å². The Kier molecular flexibility index (Phi) is 6.97. The minimum atomic E-state index is -0.831. The molecule has 0 saturated carbocycles. The van der Waals surface area contributed by atoms with Crippen LogP contribution in [0, 0.1) is 0 Å². The molecule has 1 amide bonds. The normalized spacial score (nSPS) is 13.2. The molecular formula is C19H24N2O5. The molecule has 0 aromatic heterocycles. The van der Waals surface area contributed by atoms with Gasteiger partial charge in [-0.2, -0.15) is 0 Å². The van der Waals surface area contributed by atoms with Crippen molar-refractivity contribution in [1.29, 1.82) is 0 Å². The predicted molar refractivity (Wildman–Crippen MR) is 98.1 cm³/mol. The Hall–Kier alpha value is -2.61. The first-order valence-corrected chi connectivity index (χ1v) is 8.32. The molecule has 0 saturated heterocycles. The molecule has 0 spiro atoms. The maximum absolute atomic E-state index is 11.3. The summed E-state index contributed by atoms with van der Waals surface area (Å²) in [6.07, 6.45) is -0.0944. The number of aromatic hydroxyl groups is 2. The first-order valence-electron chi connectivity index (χ1n) is 8.32. The minimum Gasteiger partial charge on any atom is -0.508 e. The number of hydrogen-bond acceptors (Lipinski definition) is 6. The average molecular weight is 360 g/mol. The van der Waals surface area contributed by atoms with Crippen molar-refractivity contribution in [2.75, 3.05) is 18.5 Å². The molecule has 6 N–H and O–H groups in total. The molecule has 140 valence electrons. The molecule has 0 bridgehead atoms. The molecule has 7 heteroatoms. The first-order chi connectivity index (χ1) is 12.4. The maximum Gasteiger partial charge on any atom is 0.250 e. The Balaban J connectivity index is 1.92. The van der Waals surface area contributed by atoms with Gasteiger partial charge in [-0.1, -0.05) is 18.2 Å². The zero-order valence-corrected chi connectivity index (χ0v) is 14.5. The van der Waals surface area contributed by atoms with E-state index in [-0.39, 0.29) is 29.8 Å². The third-order valence-corrected chi connectivity index (χ3v) is 3.96. The van der Waals surface area contributed by atoms with Crippen molar-refractivity contribution < 1.29 is 25.2 Å². The first kappa shape index (κ1) is 19.7. The summed E-state index contributed by atoms with van der Waals surface area (Å²) in [4.78, 5) is 11.3. The second-order valence-corrected chi connectivity index (χ2v) is 6.18. The number of nitrogens with one attached hydrogen (secondary N) is 2. The second-order valence-electron chi connectivity index (χ2n) is 6.18. The van der Waals surface area contributed by atoms with Crippen molar-refractivity contribution in [2.24, 2.45) is 0 Å². The third-order valence-electron chi connectivity index (χ3n) is 3.96. The van der Waals surface area contributed by atoms with Crippen LogP contribution in [-0.4, -0.2) is 45.5 Å². The monoisotopic (exact) mass is 360 g/mol. The fraction of sp³-hybridized carbons (Fsp3) is 0.316.